The van der Waals surface area contributed by atoms with Crippen LogP contribution in [0.2, 0.25) is 0 Å². The molecule has 0 aliphatic heterocycles. The number of imidazole rings is 1. The molecule has 5 heteroatoms. The monoisotopic (exact) mass is 315 g/mol. The van der Waals surface area contributed by atoms with Gasteiger partial charge in [0, 0.05) is 18.0 Å². The third-order valence-electron chi connectivity index (χ3n) is 3.34. The number of halogens is 1. The fourth-order valence-corrected chi connectivity index (χ4v) is 2.28. The van der Waals surface area contributed by atoms with Crippen molar-refractivity contribution in [1.82, 2.24) is 9.55 Å². The molecule has 0 fully saturated rings. The average Bonchev–Trinajstić information content (AvgIpc) is 3.04. The van der Waals surface area contributed by atoms with E-state index in [1.807, 2.05) is 17.7 Å². The molecular formula is C17H18ClN3O. The summed E-state index contributed by atoms with van der Waals surface area (Å²) in [5.41, 5.74) is 2.14. The van der Waals surface area contributed by atoms with Crippen LogP contribution in [0.3, 0.4) is 0 Å². The second-order valence-corrected chi connectivity index (χ2v) is 4.81. The zero-order chi connectivity index (χ0) is 14.5. The fraction of sp³-hybridized carbons (Fsp3) is 0.176. The number of benzene rings is 2. The van der Waals surface area contributed by atoms with E-state index < -0.39 is 0 Å². The number of aromatic nitrogens is 2. The Morgan fingerprint density at radius 2 is 2.00 bits per heavy atom. The van der Waals surface area contributed by atoms with Crippen molar-refractivity contribution < 1.29 is 22.4 Å². The van der Waals surface area contributed by atoms with Crippen molar-refractivity contribution in [3.8, 4) is 0 Å². The first kappa shape index (κ1) is 16.0. The molecule has 3 rings (SSSR count). The van der Waals surface area contributed by atoms with Crippen molar-refractivity contribution in [2.24, 2.45) is 0 Å². The van der Waals surface area contributed by atoms with E-state index in [4.69, 9.17) is 4.84 Å². The molecule has 2 aromatic carbocycles. The number of hydrogen-bond acceptors (Lipinski definition) is 2. The lowest BCUT2D eigenvalue weighted by molar-refractivity contribution is -0.752. The predicted molar refractivity (Wildman–Crippen MR) is 82.9 cm³/mol. The van der Waals surface area contributed by atoms with Crippen molar-refractivity contribution >= 4 is 16.5 Å². The van der Waals surface area contributed by atoms with Gasteiger partial charge in [0.1, 0.15) is 6.54 Å². The molecule has 1 N–H and O–H groups in total. The van der Waals surface area contributed by atoms with Crippen molar-refractivity contribution in [2.75, 3.05) is 6.61 Å². The van der Waals surface area contributed by atoms with Crippen LogP contribution in [0.25, 0.3) is 10.8 Å². The third kappa shape index (κ3) is 3.65. The minimum absolute atomic E-state index is 0. The molecule has 0 atom stereocenters. The Kier molecular flexibility index (Phi) is 5.55. The smallest absolute Gasteiger partial charge is 0.251 e. The molecule has 114 valence electrons. The molecule has 0 saturated heterocycles. The van der Waals surface area contributed by atoms with E-state index in [2.05, 4.69) is 52.6 Å². The van der Waals surface area contributed by atoms with Crippen LogP contribution in [0.5, 0.6) is 0 Å². The van der Waals surface area contributed by atoms with Crippen LogP contribution >= 0.6 is 0 Å². The van der Waals surface area contributed by atoms with E-state index in [0.29, 0.717) is 13.2 Å². The van der Waals surface area contributed by atoms with Gasteiger partial charge in [0.2, 0.25) is 0 Å². The van der Waals surface area contributed by atoms with Crippen LogP contribution in [-0.4, -0.2) is 21.9 Å². The Morgan fingerprint density at radius 1 is 1.18 bits per heavy atom. The summed E-state index contributed by atoms with van der Waals surface area (Å²) in [5.74, 6) is 0. The predicted octanol–water partition coefficient (Wildman–Crippen LogP) is -1.44. The van der Waals surface area contributed by atoms with E-state index in [9.17, 15) is 0 Å². The summed E-state index contributed by atoms with van der Waals surface area (Å²) in [7, 11) is 0. The SMILES string of the molecule is CCO/[NH+]=C(/Cn1ccnc1)c1ccc2ccccc2c1.[Cl-]. The zero-order valence-corrected chi connectivity index (χ0v) is 13.1. The van der Waals surface area contributed by atoms with Gasteiger partial charge in [0.15, 0.2) is 6.61 Å². The summed E-state index contributed by atoms with van der Waals surface area (Å²) >= 11 is 0. The van der Waals surface area contributed by atoms with Gasteiger partial charge in [-0.15, -0.1) is 0 Å². The first-order valence-electron chi connectivity index (χ1n) is 7.05. The maximum Gasteiger partial charge on any atom is 0.251 e. The zero-order valence-electron chi connectivity index (χ0n) is 12.4. The maximum atomic E-state index is 5.39. The van der Waals surface area contributed by atoms with E-state index in [-0.39, 0.29) is 12.4 Å². The molecule has 0 bridgehead atoms. The normalized spacial score (nSPS) is 11.2. The molecule has 1 heterocycles. The Labute approximate surface area is 135 Å². The molecule has 0 amide bonds. The van der Waals surface area contributed by atoms with Gasteiger partial charge in [0.05, 0.1) is 6.33 Å². The van der Waals surface area contributed by atoms with Crippen molar-refractivity contribution in [2.45, 2.75) is 13.5 Å². The highest BCUT2D eigenvalue weighted by molar-refractivity contribution is 5.99. The van der Waals surface area contributed by atoms with E-state index in [1.54, 1.807) is 12.5 Å². The van der Waals surface area contributed by atoms with Gasteiger partial charge in [-0.3, -0.25) is 4.84 Å². The Bertz CT molecular complexity index is 753. The average molecular weight is 316 g/mol. The highest BCUT2D eigenvalue weighted by Crippen LogP contribution is 2.15. The Morgan fingerprint density at radius 3 is 2.73 bits per heavy atom. The molecule has 0 spiro atoms. The molecule has 0 unspecified atom stereocenters. The fourth-order valence-electron chi connectivity index (χ4n) is 2.28. The molecule has 4 nitrogen and oxygen atoms in total. The Hall–Kier alpha value is -2.33. The minimum atomic E-state index is 0. The molecule has 0 aliphatic rings. The van der Waals surface area contributed by atoms with Crippen LogP contribution in [0.1, 0.15) is 12.5 Å². The van der Waals surface area contributed by atoms with E-state index in [1.165, 1.54) is 10.8 Å². The van der Waals surface area contributed by atoms with Crippen LogP contribution < -0.4 is 17.6 Å². The number of nitrogens with one attached hydrogen (secondary N) is 1. The second kappa shape index (κ2) is 7.61. The lowest BCUT2D eigenvalue weighted by Crippen LogP contribution is -3.00. The molecule has 0 radical (unpaired) electrons. The van der Waals surface area contributed by atoms with Crippen LogP contribution in [0.15, 0.2) is 61.2 Å². The number of rotatable bonds is 5. The molecule has 1 aromatic heterocycles. The summed E-state index contributed by atoms with van der Waals surface area (Å²) in [5, 5.41) is 5.51. The van der Waals surface area contributed by atoms with Gasteiger partial charge in [-0.25, -0.2) is 4.98 Å². The number of hydrogen-bond donors (Lipinski definition) is 1. The van der Waals surface area contributed by atoms with Gasteiger partial charge in [0.25, 0.3) is 5.71 Å². The Balaban J connectivity index is 0.00000176. The first-order valence-corrected chi connectivity index (χ1v) is 7.05. The van der Waals surface area contributed by atoms with E-state index >= 15 is 0 Å². The minimum Gasteiger partial charge on any atom is -1.00 e. The highest BCUT2D eigenvalue weighted by atomic mass is 35.5. The number of fused-ring (bicyclic) bond motifs is 1. The molecule has 22 heavy (non-hydrogen) atoms. The topological polar surface area (TPSA) is 41.0 Å². The van der Waals surface area contributed by atoms with Crippen molar-refractivity contribution in [3.63, 3.8) is 0 Å². The lowest BCUT2D eigenvalue weighted by Gasteiger charge is -2.04. The van der Waals surface area contributed by atoms with Crippen molar-refractivity contribution in [1.29, 1.82) is 0 Å². The standard InChI is InChI=1S/C17H17N3O.ClH/c1-2-21-19-17(12-20-10-9-18-13-20)16-8-7-14-5-3-4-6-15(14)11-16;/h3-11,13H,2,12H2,1H3;1H/b19-17-;. The largest absolute Gasteiger partial charge is 1.00 e. The molecule has 0 aliphatic carbocycles. The van der Waals surface area contributed by atoms with Gasteiger partial charge in [-0.1, -0.05) is 30.3 Å². The molecule has 0 saturated carbocycles. The second-order valence-electron chi connectivity index (χ2n) is 4.81. The number of nitrogens with zero attached hydrogens (tertiary/aromatic N) is 2. The van der Waals surface area contributed by atoms with Gasteiger partial charge >= 0.3 is 0 Å². The van der Waals surface area contributed by atoms with Gasteiger partial charge in [-0.2, -0.15) is 0 Å². The summed E-state index contributed by atoms with van der Waals surface area (Å²) in [6.45, 7) is 3.27. The first-order chi connectivity index (χ1) is 10.4. The van der Waals surface area contributed by atoms with Gasteiger partial charge in [-0.05, 0) is 35.0 Å². The quantitative estimate of drug-likeness (QED) is 0.463. The van der Waals surface area contributed by atoms with Crippen LogP contribution in [0.4, 0.5) is 0 Å². The van der Waals surface area contributed by atoms with Crippen LogP contribution in [0, 0.1) is 0 Å². The van der Waals surface area contributed by atoms with Crippen LogP contribution in [-0.2, 0) is 11.4 Å². The highest BCUT2D eigenvalue weighted by Gasteiger charge is 2.12. The summed E-state index contributed by atoms with van der Waals surface area (Å²) in [4.78, 5) is 9.47. The van der Waals surface area contributed by atoms with Gasteiger partial charge < -0.3 is 17.0 Å². The van der Waals surface area contributed by atoms with Crippen molar-refractivity contribution in [3.05, 3.63) is 66.7 Å². The molecular weight excluding hydrogens is 298 g/mol. The summed E-state index contributed by atoms with van der Waals surface area (Å²) in [6.07, 6.45) is 5.52. The van der Waals surface area contributed by atoms with E-state index in [0.717, 1.165) is 11.3 Å². The summed E-state index contributed by atoms with van der Waals surface area (Å²) < 4.78 is 2.01. The summed E-state index contributed by atoms with van der Waals surface area (Å²) in [6, 6.07) is 14.8. The third-order valence-corrected chi connectivity index (χ3v) is 3.34. The molecule has 3 aromatic rings. The maximum absolute atomic E-state index is 5.39. The lowest BCUT2D eigenvalue weighted by atomic mass is 10.0.